The molecule has 0 amide bonds. The van der Waals surface area contributed by atoms with Gasteiger partial charge in [-0.15, -0.1) is 0 Å². The maximum absolute atomic E-state index is 10.3. The van der Waals surface area contributed by atoms with Gasteiger partial charge in [-0.25, -0.2) is 0 Å². The number of nitrogens with zero attached hydrogens (tertiary/aromatic N) is 1. The number of aromatic nitrogens is 1. The third-order valence-corrected chi connectivity index (χ3v) is 1.45. The number of carbonyl (C=O) groups is 1. The molecule has 1 heterocycles. The van der Waals surface area contributed by atoms with Crippen LogP contribution in [0.25, 0.3) is 6.08 Å². The summed E-state index contributed by atoms with van der Waals surface area (Å²) in [6, 6.07) is 5.12. The first kappa shape index (κ1) is 8.94. The molecule has 0 aliphatic heterocycles. The van der Waals surface area contributed by atoms with Gasteiger partial charge < -0.3 is 10.4 Å². The van der Waals surface area contributed by atoms with Gasteiger partial charge >= 0.3 is 0 Å². The third kappa shape index (κ3) is 2.14. The van der Waals surface area contributed by atoms with Crippen LogP contribution in [0.2, 0.25) is 0 Å². The van der Waals surface area contributed by atoms with Crippen LogP contribution in [0.5, 0.6) is 0 Å². The largest absolute Gasteiger partial charge is 0.353 e. The molecule has 4 nitrogen and oxygen atoms in total. The van der Waals surface area contributed by atoms with Crippen molar-refractivity contribution in [3.05, 3.63) is 29.1 Å². The highest BCUT2D eigenvalue weighted by Crippen LogP contribution is 2.04. The van der Waals surface area contributed by atoms with Gasteiger partial charge in [0.15, 0.2) is 6.29 Å². The minimum absolute atomic E-state index is 0.235. The summed E-state index contributed by atoms with van der Waals surface area (Å²) in [5.41, 5.74) is 1.33. The Morgan fingerprint density at radius 1 is 1.54 bits per heavy atom. The molecule has 0 unspecified atom stereocenters. The number of aldehydes is 1. The summed E-state index contributed by atoms with van der Waals surface area (Å²) in [6.07, 6.45) is 3.15. The Morgan fingerprint density at radius 3 is 2.69 bits per heavy atom. The number of hydrogen-bond donors (Lipinski definition) is 2. The zero-order valence-corrected chi connectivity index (χ0v) is 6.74. The van der Waals surface area contributed by atoms with Crippen molar-refractivity contribution in [2.24, 2.45) is 0 Å². The van der Waals surface area contributed by atoms with Crippen LogP contribution in [0.4, 0.5) is 0 Å². The lowest BCUT2D eigenvalue weighted by atomic mass is 10.2. The lowest BCUT2D eigenvalue weighted by molar-refractivity contribution is 0.111. The molecule has 0 bridgehead atoms. The predicted octanol–water partition coefficient (Wildman–Crippen LogP) is 1.38. The van der Waals surface area contributed by atoms with Crippen LogP contribution in [0, 0.1) is 16.7 Å². The van der Waals surface area contributed by atoms with E-state index in [0.717, 1.165) is 6.21 Å². The Hall–Kier alpha value is -2.15. The predicted molar refractivity (Wildman–Crippen MR) is 48.6 cm³/mol. The monoisotopic (exact) mass is 173 g/mol. The number of H-pyrrole nitrogens is 1. The molecule has 0 aliphatic rings. The van der Waals surface area contributed by atoms with Crippen LogP contribution in [0.15, 0.2) is 17.7 Å². The van der Waals surface area contributed by atoms with E-state index in [9.17, 15) is 4.79 Å². The van der Waals surface area contributed by atoms with Gasteiger partial charge in [-0.2, -0.15) is 5.26 Å². The summed E-state index contributed by atoms with van der Waals surface area (Å²) >= 11 is 0. The Labute approximate surface area is 75.0 Å². The minimum atomic E-state index is 0.235. The molecule has 13 heavy (non-hydrogen) atoms. The molecular weight excluding hydrogens is 166 g/mol. The van der Waals surface area contributed by atoms with Crippen molar-refractivity contribution < 1.29 is 4.79 Å². The number of rotatable bonds is 3. The van der Waals surface area contributed by atoms with E-state index in [1.54, 1.807) is 12.1 Å². The normalized spacial score (nSPS) is 10.5. The molecule has 1 aromatic rings. The fourth-order valence-corrected chi connectivity index (χ4v) is 0.856. The number of carbonyl (C=O) groups excluding carboxylic acids is 1. The lowest BCUT2D eigenvalue weighted by Gasteiger charge is -1.86. The van der Waals surface area contributed by atoms with E-state index in [2.05, 4.69) is 4.98 Å². The summed E-state index contributed by atoms with van der Waals surface area (Å²) in [6.45, 7) is 0. The minimum Gasteiger partial charge on any atom is -0.353 e. The molecule has 0 spiro atoms. The van der Waals surface area contributed by atoms with E-state index in [1.807, 2.05) is 6.07 Å². The molecule has 0 atom stereocenters. The van der Waals surface area contributed by atoms with Crippen LogP contribution < -0.4 is 0 Å². The maximum atomic E-state index is 10.3. The van der Waals surface area contributed by atoms with Gasteiger partial charge in [-0.1, -0.05) is 0 Å². The SMILES string of the molecule is N#C/C(C=N)=C/c1ccc(C=O)[nH]1. The zero-order chi connectivity index (χ0) is 9.68. The van der Waals surface area contributed by atoms with Gasteiger partial charge in [0.25, 0.3) is 0 Å². The van der Waals surface area contributed by atoms with E-state index in [4.69, 9.17) is 10.7 Å². The second kappa shape index (κ2) is 4.02. The fraction of sp³-hybridized carbons (Fsp3) is 0. The van der Waals surface area contributed by atoms with E-state index < -0.39 is 0 Å². The highest BCUT2D eigenvalue weighted by atomic mass is 16.1. The topological polar surface area (TPSA) is 80.5 Å². The van der Waals surface area contributed by atoms with Gasteiger partial charge in [0, 0.05) is 11.9 Å². The van der Waals surface area contributed by atoms with Gasteiger partial charge in [-0.05, 0) is 18.2 Å². The molecular formula is C9H7N3O. The molecule has 0 saturated carbocycles. The van der Waals surface area contributed by atoms with Gasteiger partial charge in [0.1, 0.15) is 6.07 Å². The first-order valence-corrected chi connectivity index (χ1v) is 3.56. The van der Waals surface area contributed by atoms with Gasteiger partial charge in [0.2, 0.25) is 0 Å². The molecule has 1 aromatic heterocycles. The summed E-state index contributed by atoms with van der Waals surface area (Å²) < 4.78 is 0. The second-order valence-electron chi connectivity index (χ2n) is 2.34. The average molecular weight is 173 g/mol. The van der Waals surface area contributed by atoms with Crippen molar-refractivity contribution in [1.82, 2.24) is 4.98 Å². The molecule has 0 aliphatic carbocycles. The molecule has 0 saturated heterocycles. The zero-order valence-electron chi connectivity index (χ0n) is 6.74. The van der Waals surface area contributed by atoms with Crippen LogP contribution in [-0.4, -0.2) is 17.5 Å². The van der Waals surface area contributed by atoms with Gasteiger partial charge in [-0.3, -0.25) is 4.79 Å². The highest BCUT2D eigenvalue weighted by Gasteiger charge is 1.95. The van der Waals surface area contributed by atoms with Gasteiger partial charge in [0.05, 0.1) is 11.3 Å². The fourth-order valence-electron chi connectivity index (χ4n) is 0.856. The van der Waals surface area contributed by atoms with E-state index >= 15 is 0 Å². The summed E-state index contributed by atoms with van der Waals surface area (Å²) in [5, 5.41) is 15.4. The molecule has 0 aromatic carbocycles. The summed E-state index contributed by atoms with van der Waals surface area (Å²) in [5.74, 6) is 0. The van der Waals surface area contributed by atoms with Crippen molar-refractivity contribution in [3.63, 3.8) is 0 Å². The number of allylic oxidation sites excluding steroid dienone is 1. The molecule has 0 fully saturated rings. The Kier molecular flexibility index (Phi) is 2.77. The van der Waals surface area contributed by atoms with Crippen molar-refractivity contribution in [1.29, 1.82) is 10.7 Å². The van der Waals surface area contributed by atoms with Crippen molar-refractivity contribution >= 4 is 18.6 Å². The molecule has 64 valence electrons. The Bertz CT molecular complexity index is 395. The Balaban J connectivity index is 2.97. The van der Waals surface area contributed by atoms with E-state index in [-0.39, 0.29) is 5.57 Å². The molecule has 1 rings (SSSR count). The number of nitrogens with one attached hydrogen (secondary N) is 2. The second-order valence-corrected chi connectivity index (χ2v) is 2.34. The molecule has 4 heteroatoms. The average Bonchev–Trinajstić information content (AvgIpc) is 2.61. The van der Waals surface area contributed by atoms with E-state index in [1.165, 1.54) is 6.08 Å². The lowest BCUT2D eigenvalue weighted by Crippen LogP contribution is -1.81. The van der Waals surface area contributed by atoms with Crippen molar-refractivity contribution in [2.45, 2.75) is 0 Å². The maximum Gasteiger partial charge on any atom is 0.166 e. The smallest absolute Gasteiger partial charge is 0.166 e. The van der Waals surface area contributed by atoms with Crippen molar-refractivity contribution in [2.75, 3.05) is 0 Å². The standard InChI is InChI=1S/C9H7N3O/c10-4-7(5-11)3-8-1-2-9(6-13)12-8/h1-4,6,10,12H/b7-3+,10-4?. The number of hydrogen-bond acceptors (Lipinski definition) is 3. The highest BCUT2D eigenvalue weighted by molar-refractivity contribution is 5.88. The summed E-state index contributed by atoms with van der Waals surface area (Å²) in [7, 11) is 0. The van der Waals surface area contributed by atoms with Crippen LogP contribution in [0.3, 0.4) is 0 Å². The van der Waals surface area contributed by atoms with Crippen LogP contribution >= 0.6 is 0 Å². The summed E-state index contributed by atoms with van der Waals surface area (Å²) in [4.78, 5) is 13.0. The first-order chi connectivity index (χ1) is 6.30. The number of nitriles is 1. The van der Waals surface area contributed by atoms with E-state index in [0.29, 0.717) is 17.7 Å². The van der Waals surface area contributed by atoms with Crippen molar-refractivity contribution in [3.8, 4) is 6.07 Å². The molecule has 0 radical (unpaired) electrons. The number of aromatic amines is 1. The van der Waals surface area contributed by atoms with Crippen LogP contribution in [-0.2, 0) is 0 Å². The third-order valence-electron chi connectivity index (χ3n) is 1.45. The first-order valence-electron chi connectivity index (χ1n) is 3.56. The van der Waals surface area contributed by atoms with Crippen LogP contribution in [0.1, 0.15) is 16.2 Å². The molecule has 2 N–H and O–H groups in total. The Morgan fingerprint density at radius 2 is 2.23 bits per heavy atom. The quantitative estimate of drug-likeness (QED) is 0.411.